The van der Waals surface area contributed by atoms with Gasteiger partial charge in [0.1, 0.15) is 0 Å². The zero-order chi connectivity index (χ0) is 10.8. The van der Waals surface area contributed by atoms with Crippen LogP contribution < -0.4 is 0 Å². The van der Waals surface area contributed by atoms with Crippen molar-refractivity contribution in [2.24, 2.45) is 17.8 Å². The van der Waals surface area contributed by atoms with Gasteiger partial charge in [-0.25, -0.2) is 0 Å². The molecule has 0 radical (unpaired) electrons. The molecule has 0 nitrogen and oxygen atoms in total. The summed E-state index contributed by atoms with van der Waals surface area (Å²) in [5, 5.41) is 0. The van der Waals surface area contributed by atoms with Gasteiger partial charge in [-0.1, -0.05) is 0 Å². The molecule has 0 N–H and O–H groups in total. The van der Waals surface area contributed by atoms with Gasteiger partial charge in [-0.3, -0.25) is 0 Å². The first-order valence-corrected chi connectivity index (χ1v) is 16.5. The van der Waals surface area contributed by atoms with Crippen molar-refractivity contribution in [3.63, 3.8) is 0 Å². The van der Waals surface area contributed by atoms with Crippen LogP contribution in [0.15, 0.2) is 0 Å². The van der Waals surface area contributed by atoms with Gasteiger partial charge in [0.05, 0.1) is 0 Å². The average Bonchev–Trinajstić information content (AvgIpc) is 2.10. The van der Waals surface area contributed by atoms with Gasteiger partial charge in [0.2, 0.25) is 0 Å². The average molecular weight is 317 g/mol. The first kappa shape index (κ1) is 10.9. The van der Waals surface area contributed by atoms with Gasteiger partial charge >= 0.3 is 97.0 Å². The summed E-state index contributed by atoms with van der Waals surface area (Å²) in [6.45, 7) is 0. The Hall–Kier alpha value is 0.729. The first-order chi connectivity index (χ1) is 6.91. The second-order valence-corrected chi connectivity index (χ2v) is 23.3. The van der Waals surface area contributed by atoms with Crippen LogP contribution in [-0.4, -0.2) is 24.5 Å². The Kier molecular flexibility index (Phi) is 2.27. The summed E-state index contributed by atoms with van der Waals surface area (Å²) < 4.78 is 14.8. The molecule has 4 fully saturated rings. The van der Waals surface area contributed by atoms with Crippen LogP contribution in [0.1, 0.15) is 32.1 Å². The van der Waals surface area contributed by atoms with Gasteiger partial charge in [-0.15, -0.1) is 0 Å². The van der Waals surface area contributed by atoms with E-state index in [9.17, 15) is 4.39 Å². The number of alkyl halides is 1. The van der Waals surface area contributed by atoms with E-state index in [0.717, 1.165) is 5.92 Å². The van der Waals surface area contributed by atoms with Gasteiger partial charge < -0.3 is 0 Å². The second kappa shape index (κ2) is 3.14. The van der Waals surface area contributed by atoms with Gasteiger partial charge in [-0.05, 0) is 0 Å². The van der Waals surface area contributed by atoms with Crippen LogP contribution in [0, 0.1) is 17.8 Å². The van der Waals surface area contributed by atoms with E-state index < -0.39 is 24.5 Å². The molecule has 4 rings (SSSR count). The van der Waals surface area contributed by atoms with E-state index in [1.807, 2.05) is 0 Å². The molecule has 3 unspecified atom stereocenters. The van der Waals surface area contributed by atoms with Crippen molar-refractivity contribution in [2.45, 2.75) is 56.5 Å². The Labute approximate surface area is 96.9 Å². The molecule has 0 aromatic heterocycles. The number of hydrogen-bond donors (Lipinski definition) is 0. The molecule has 86 valence electrons. The monoisotopic (exact) mass is 318 g/mol. The standard InChI is InChI=1S/C10H14F.3CH3.Sn/c11-10-8-2-6-1-7(4-8)5-9(10)3-6;;;;/h6,8-10H,1-5H2;3*1H3;/t6?,8-,9+,10?;;;;. The van der Waals surface area contributed by atoms with Crippen LogP contribution in [0.3, 0.4) is 0 Å². The molecule has 0 aliphatic heterocycles. The molecular formula is C13H23FSn. The topological polar surface area (TPSA) is 0 Å². The van der Waals surface area contributed by atoms with Gasteiger partial charge in [0.15, 0.2) is 0 Å². The quantitative estimate of drug-likeness (QED) is 0.635. The molecule has 4 saturated carbocycles. The Bertz CT molecular complexity index is 265. The van der Waals surface area contributed by atoms with Crippen molar-refractivity contribution < 1.29 is 4.39 Å². The molecule has 0 spiro atoms. The molecular weight excluding hydrogens is 294 g/mol. The van der Waals surface area contributed by atoms with E-state index in [1.165, 1.54) is 32.1 Å². The Morgan fingerprint density at radius 3 is 2.00 bits per heavy atom. The van der Waals surface area contributed by atoms with Crippen molar-refractivity contribution in [1.82, 2.24) is 0 Å². The molecule has 4 aliphatic carbocycles. The first-order valence-electron chi connectivity index (χ1n) is 6.55. The summed E-state index contributed by atoms with van der Waals surface area (Å²) in [7, 11) is 0. The van der Waals surface area contributed by atoms with Crippen LogP contribution >= 0.6 is 0 Å². The van der Waals surface area contributed by atoms with Crippen molar-refractivity contribution >= 4 is 18.4 Å². The molecule has 2 heteroatoms. The molecule has 5 atom stereocenters. The fourth-order valence-electron chi connectivity index (χ4n) is 4.88. The van der Waals surface area contributed by atoms with Crippen LogP contribution in [0.5, 0.6) is 0 Å². The minimum absolute atomic E-state index is 0.427. The van der Waals surface area contributed by atoms with Gasteiger partial charge in [-0.2, -0.15) is 0 Å². The third-order valence-electron chi connectivity index (χ3n) is 5.75. The van der Waals surface area contributed by atoms with E-state index in [4.69, 9.17) is 0 Å². The van der Waals surface area contributed by atoms with Crippen LogP contribution in [0.4, 0.5) is 4.39 Å². The molecule has 0 heterocycles. The maximum atomic E-state index is 14.1. The molecule has 0 amide bonds. The van der Waals surface area contributed by atoms with Crippen molar-refractivity contribution in [3.8, 4) is 0 Å². The maximum absolute atomic E-state index is 14.1. The summed E-state index contributed by atoms with van der Waals surface area (Å²) in [6.07, 6.45) is 6.03. The van der Waals surface area contributed by atoms with Gasteiger partial charge in [0, 0.05) is 0 Å². The summed E-state index contributed by atoms with van der Waals surface area (Å²) in [6, 6.07) is 0. The van der Waals surface area contributed by atoms with Crippen molar-refractivity contribution in [1.29, 1.82) is 0 Å². The van der Waals surface area contributed by atoms with E-state index in [1.54, 1.807) is 0 Å². The molecule has 0 aromatic rings. The third kappa shape index (κ3) is 1.44. The Morgan fingerprint density at radius 1 is 1.00 bits per heavy atom. The fraction of sp³-hybridized carbons (Fsp3) is 1.00. The zero-order valence-corrected chi connectivity index (χ0v) is 13.1. The van der Waals surface area contributed by atoms with Crippen LogP contribution in [-0.2, 0) is 0 Å². The van der Waals surface area contributed by atoms with E-state index in [-0.39, 0.29) is 0 Å². The van der Waals surface area contributed by atoms with Crippen LogP contribution in [0.2, 0.25) is 18.2 Å². The van der Waals surface area contributed by atoms with Gasteiger partial charge in [0.25, 0.3) is 0 Å². The zero-order valence-electron chi connectivity index (χ0n) is 10.2. The summed E-state index contributed by atoms with van der Waals surface area (Å²) in [4.78, 5) is 7.74. The minimum atomic E-state index is -1.86. The fourth-order valence-corrected chi connectivity index (χ4v) is 12.4. The number of rotatable bonds is 1. The van der Waals surface area contributed by atoms with Crippen LogP contribution in [0.25, 0.3) is 0 Å². The summed E-state index contributed by atoms with van der Waals surface area (Å²) in [5.74, 6) is 1.84. The summed E-state index contributed by atoms with van der Waals surface area (Å²) >= 11 is -1.86. The third-order valence-corrected chi connectivity index (χ3v) is 16.6. The Balaban J connectivity index is 1.96. The molecule has 15 heavy (non-hydrogen) atoms. The molecule has 4 aliphatic rings. The second-order valence-electron chi connectivity index (χ2n) is 7.44. The van der Waals surface area contributed by atoms with Crippen molar-refractivity contribution in [3.05, 3.63) is 0 Å². The molecule has 0 aromatic carbocycles. The normalized spacial score (nSPS) is 53.6. The number of halogens is 1. The predicted molar refractivity (Wildman–Crippen MR) is 64.5 cm³/mol. The van der Waals surface area contributed by atoms with E-state index in [2.05, 4.69) is 14.8 Å². The SMILES string of the molecule is [CH3][Sn]([CH3])([CH3])[C]12CC3C[C@H](C1)C(F)[C@@H](C3)C2. The molecule has 0 saturated heterocycles. The van der Waals surface area contributed by atoms with E-state index in [0.29, 0.717) is 15.3 Å². The van der Waals surface area contributed by atoms with E-state index >= 15 is 0 Å². The van der Waals surface area contributed by atoms with Crippen molar-refractivity contribution in [2.75, 3.05) is 0 Å². The predicted octanol–water partition coefficient (Wildman–Crippen LogP) is 4.24. The Morgan fingerprint density at radius 2 is 1.53 bits per heavy atom. The number of hydrogen-bond acceptors (Lipinski definition) is 0. The molecule has 4 bridgehead atoms. The summed E-state index contributed by atoms with van der Waals surface area (Å²) in [5.41, 5.74) is 0.